The fourth-order valence-electron chi connectivity index (χ4n) is 5.35. The van der Waals surface area contributed by atoms with Crippen molar-refractivity contribution in [2.24, 2.45) is 0 Å². The quantitative estimate of drug-likeness (QED) is 0.179. The summed E-state index contributed by atoms with van der Waals surface area (Å²) >= 11 is 0. The van der Waals surface area contributed by atoms with Gasteiger partial charge in [-0.1, -0.05) is 63.2 Å². The fourth-order valence-corrected chi connectivity index (χ4v) is 5.35. The van der Waals surface area contributed by atoms with Crippen molar-refractivity contribution >= 4 is 28.4 Å². The van der Waals surface area contributed by atoms with Crippen molar-refractivity contribution in [3.8, 4) is 0 Å². The minimum absolute atomic E-state index is 0.0264. The van der Waals surface area contributed by atoms with E-state index >= 15 is 0 Å². The molecule has 2 heterocycles. The average Bonchev–Trinajstić information content (AvgIpc) is 3.68. The lowest BCUT2D eigenvalue weighted by Gasteiger charge is -2.28. The number of fused-ring (bicyclic) bond motifs is 1. The van der Waals surface area contributed by atoms with E-state index in [9.17, 15) is 9.59 Å². The Morgan fingerprint density at radius 1 is 0.818 bits per heavy atom. The number of aromatic nitrogens is 1. The zero-order valence-electron chi connectivity index (χ0n) is 26.3. The minimum atomic E-state index is -0.206. The van der Waals surface area contributed by atoms with Gasteiger partial charge in [-0.05, 0) is 71.0 Å². The highest BCUT2D eigenvalue weighted by molar-refractivity contribution is 5.96. The molecule has 7 heteroatoms. The number of para-hydroxylation sites is 1. The first-order valence-corrected chi connectivity index (χ1v) is 15.1. The normalized spacial score (nSPS) is 11.5. The summed E-state index contributed by atoms with van der Waals surface area (Å²) < 4.78 is 5.59. The van der Waals surface area contributed by atoms with Crippen molar-refractivity contribution < 1.29 is 14.0 Å². The van der Waals surface area contributed by atoms with E-state index < -0.39 is 0 Å². The van der Waals surface area contributed by atoms with Gasteiger partial charge in [-0.3, -0.25) is 9.59 Å². The SMILES string of the molecule is CN(C)c1ccc(CN(CCc2c[nH]c3ccccc23)C(=O)CN(Cc2ccco2)C(=O)c2ccc(C(C)(C)C)cc2)cc1. The third kappa shape index (κ3) is 7.40. The Morgan fingerprint density at radius 3 is 2.20 bits per heavy atom. The highest BCUT2D eigenvalue weighted by atomic mass is 16.3. The van der Waals surface area contributed by atoms with Crippen molar-refractivity contribution in [2.45, 2.75) is 45.7 Å². The van der Waals surface area contributed by atoms with Crippen LogP contribution in [0.4, 0.5) is 5.69 Å². The molecule has 5 aromatic rings. The van der Waals surface area contributed by atoms with Crippen LogP contribution in [0.25, 0.3) is 10.9 Å². The first-order valence-electron chi connectivity index (χ1n) is 15.1. The zero-order valence-corrected chi connectivity index (χ0v) is 26.3. The largest absolute Gasteiger partial charge is 0.467 e. The molecule has 1 N–H and O–H groups in total. The number of furan rings is 1. The molecule has 0 aliphatic rings. The number of benzene rings is 3. The van der Waals surface area contributed by atoms with Crippen molar-refractivity contribution in [2.75, 3.05) is 32.1 Å². The number of amides is 2. The van der Waals surface area contributed by atoms with Gasteiger partial charge in [0, 0.05) is 55.5 Å². The number of hydrogen-bond donors (Lipinski definition) is 1. The van der Waals surface area contributed by atoms with Gasteiger partial charge in [0.1, 0.15) is 12.3 Å². The number of hydrogen-bond acceptors (Lipinski definition) is 4. The molecule has 44 heavy (non-hydrogen) atoms. The van der Waals surface area contributed by atoms with E-state index in [4.69, 9.17) is 4.42 Å². The monoisotopic (exact) mass is 590 g/mol. The second-order valence-corrected chi connectivity index (χ2v) is 12.6. The van der Waals surface area contributed by atoms with Gasteiger partial charge in [-0.25, -0.2) is 0 Å². The summed E-state index contributed by atoms with van der Waals surface area (Å²) in [6.07, 6.45) is 4.29. The maximum Gasteiger partial charge on any atom is 0.254 e. The van der Waals surface area contributed by atoms with Crippen LogP contribution in [-0.2, 0) is 29.7 Å². The van der Waals surface area contributed by atoms with Crippen LogP contribution in [0, 0.1) is 0 Å². The summed E-state index contributed by atoms with van der Waals surface area (Å²) in [6.45, 7) is 7.52. The Balaban J connectivity index is 1.39. The van der Waals surface area contributed by atoms with E-state index in [0.29, 0.717) is 30.8 Å². The number of carbonyl (C=O) groups excluding carboxylic acids is 2. The van der Waals surface area contributed by atoms with Crippen molar-refractivity contribution in [3.63, 3.8) is 0 Å². The fraction of sp³-hybridized carbons (Fsp3) is 0.297. The summed E-state index contributed by atoms with van der Waals surface area (Å²) in [4.78, 5) is 36.8. The highest BCUT2D eigenvalue weighted by Gasteiger charge is 2.25. The van der Waals surface area contributed by atoms with Crippen LogP contribution in [0.15, 0.2) is 102 Å². The van der Waals surface area contributed by atoms with Crippen LogP contribution < -0.4 is 4.90 Å². The van der Waals surface area contributed by atoms with Gasteiger partial charge < -0.3 is 24.1 Å². The molecule has 2 aromatic heterocycles. The first-order chi connectivity index (χ1) is 21.1. The Kier molecular flexibility index (Phi) is 9.23. The second kappa shape index (κ2) is 13.2. The number of aromatic amines is 1. The highest BCUT2D eigenvalue weighted by Crippen LogP contribution is 2.24. The number of carbonyl (C=O) groups is 2. The van der Waals surface area contributed by atoms with Crippen LogP contribution in [0.2, 0.25) is 0 Å². The van der Waals surface area contributed by atoms with Crippen LogP contribution in [-0.4, -0.2) is 53.8 Å². The van der Waals surface area contributed by atoms with Crippen LogP contribution in [0.3, 0.4) is 0 Å². The maximum absolute atomic E-state index is 14.1. The van der Waals surface area contributed by atoms with Gasteiger partial charge in [0.15, 0.2) is 0 Å². The molecule has 0 bridgehead atoms. The molecule has 5 rings (SSSR count). The first kappa shape index (κ1) is 30.7. The molecule has 3 aromatic carbocycles. The zero-order chi connectivity index (χ0) is 31.3. The summed E-state index contributed by atoms with van der Waals surface area (Å²) in [5.74, 6) is 0.303. The van der Waals surface area contributed by atoms with Gasteiger partial charge in [-0.15, -0.1) is 0 Å². The topological polar surface area (TPSA) is 72.8 Å². The third-order valence-electron chi connectivity index (χ3n) is 8.04. The standard InChI is InChI=1S/C37H42N4O3/c1-37(2,3)30-16-14-28(15-17-30)36(43)41(25-32-9-8-22-44-32)26-35(42)40(24-27-12-18-31(19-13-27)39(4)5)21-20-29-23-38-34-11-7-6-10-33(29)34/h6-19,22-23,38H,20-21,24-26H2,1-5H3. The predicted molar refractivity (Wildman–Crippen MR) is 177 cm³/mol. The average molecular weight is 591 g/mol. The molecule has 0 atom stereocenters. The van der Waals surface area contributed by atoms with Gasteiger partial charge in [0.05, 0.1) is 12.8 Å². The second-order valence-electron chi connectivity index (χ2n) is 12.6. The number of nitrogens with zero attached hydrogens (tertiary/aromatic N) is 3. The molecule has 0 saturated heterocycles. The number of H-pyrrole nitrogens is 1. The van der Waals surface area contributed by atoms with Gasteiger partial charge in [0.2, 0.25) is 5.91 Å². The molecule has 0 aliphatic carbocycles. The van der Waals surface area contributed by atoms with Gasteiger partial charge >= 0.3 is 0 Å². The van der Waals surface area contributed by atoms with Gasteiger partial charge in [0.25, 0.3) is 5.91 Å². The lowest BCUT2D eigenvalue weighted by atomic mass is 9.86. The van der Waals surface area contributed by atoms with Crippen LogP contribution in [0.5, 0.6) is 0 Å². The Labute approximate surface area is 260 Å². The molecule has 0 saturated carbocycles. The van der Waals surface area contributed by atoms with E-state index in [0.717, 1.165) is 33.3 Å². The molecule has 228 valence electrons. The van der Waals surface area contributed by atoms with Crippen molar-refractivity contribution in [1.29, 1.82) is 0 Å². The van der Waals surface area contributed by atoms with Gasteiger partial charge in [-0.2, -0.15) is 0 Å². The summed E-state index contributed by atoms with van der Waals surface area (Å²) in [5.41, 5.74) is 6.02. The Morgan fingerprint density at radius 2 is 1.55 bits per heavy atom. The van der Waals surface area contributed by atoms with E-state index in [1.807, 2.05) is 67.7 Å². The predicted octanol–water partition coefficient (Wildman–Crippen LogP) is 7.04. The molecule has 2 amide bonds. The van der Waals surface area contributed by atoms with E-state index in [1.54, 1.807) is 17.2 Å². The maximum atomic E-state index is 14.1. The summed E-state index contributed by atoms with van der Waals surface area (Å²) in [6, 6.07) is 27.7. The number of rotatable bonds is 11. The lowest BCUT2D eigenvalue weighted by Crippen LogP contribution is -2.43. The molecule has 0 unspecified atom stereocenters. The van der Waals surface area contributed by atoms with E-state index in [2.05, 4.69) is 67.1 Å². The molecule has 7 nitrogen and oxygen atoms in total. The summed E-state index contributed by atoms with van der Waals surface area (Å²) in [5, 5.41) is 1.16. The lowest BCUT2D eigenvalue weighted by molar-refractivity contribution is -0.132. The van der Waals surface area contributed by atoms with E-state index in [1.165, 1.54) is 0 Å². The molecule has 0 aliphatic heterocycles. The summed E-state index contributed by atoms with van der Waals surface area (Å²) in [7, 11) is 4.01. The Bertz CT molecular complexity index is 1680. The molecule has 0 radical (unpaired) electrons. The molecular formula is C37H42N4O3. The smallest absolute Gasteiger partial charge is 0.254 e. The molecular weight excluding hydrogens is 548 g/mol. The third-order valence-corrected chi connectivity index (χ3v) is 8.04. The van der Waals surface area contributed by atoms with Crippen LogP contribution in [0.1, 0.15) is 53.6 Å². The van der Waals surface area contributed by atoms with Crippen molar-refractivity contribution in [1.82, 2.24) is 14.8 Å². The molecule has 0 fully saturated rings. The molecule has 0 spiro atoms. The van der Waals surface area contributed by atoms with Crippen LogP contribution >= 0.6 is 0 Å². The minimum Gasteiger partial charge on any atom is -0.467 e. The number of nitrogens with one attached hydrogen (secondary N) is 1. The van der Waals surface area contributed by atoms with Crippen molar-refractivity contribution in [3.05, 3.63) is 125 Å². The number of anilines is 1. The Hall–Kier alpha value is -4.78. The van der Waals surface area contributed by atoms with E-state index in [-0.39, 0.29) is 30.3 Å².